The third-order valence-electron chi connectivity index (χ3n) is 3.42. The van der Waals surface area contributed by atoms with Crippen LogP contribution in [0.5, 0.6) is 0 Å². The predicted molar refractivity (Wildman–Crippen MR) is 78.6 cm³/mol. The molecule has 0 saturated carbocycles. The van der Waals surface area contributed by atoms with Crippen LogP contribution in [0.25, 0.3) is 11.1 Å². The van der Waals surface area contributed by atoms with Crippen molar-refractivity contribution in [3.05, 3.63) is 58.7 Å². The Morgan fingerprint density at radius 2 is 1.75 bits per heavy atom. The molecule has 2 aromatic rings. The molecule has 2 aromatic carbocycles. The third kappa shape index (κ3) is 2.88. The molecule has 106 valence electrons. The summed E-state index contributed by atoms with van der Waals surface area (Å²) < 4.78 is 28.1. The lowest BCUT2D eigenvalue weighted by atomic mass is 9.96. The molecular weight excluding hydrogens is 256 g/mol. The predicted octanol–water partition coefficient (Wildman–Crippen LogP) is 4.36. The van der Waals surface area contributed by atoms with Crippen molar-refractivity contribution in [3.63, 3.8) is 0 Å². The molecule has 0 fully saturated rings. The molecule has 0 aromatic heterocycles. The van der Waals surface area contributed by atoms with Gasteiger partial charge >= 0.3 is 0 Å². The Morgan fingerprint density at radius 1 is 1.00 bits per heavy atom. The van der Waals surface area contributed by atoms with E-state index in [9.17, 15) is 8.78 Å². The van der Waals surface area contributed by atoms with Gasteiger partial charge in [0.1, 0.15) is 11.6 Å². The zero-order chi connectivity index (χ0) is 14.7. The molecule has 0 unspecified atom stereocenters. The van der Waals surface area contributed by atoms with Crippen LogP contribution >= 0.6 is 0 Å². The van der Waals surface area contributed by atoms with Crippen molar-refractivity contribution < 1.29 is 8.78 Å². The second kappa shape index (κ2) is 6.14. The quantitative estimate of drug-likeness (QED) is 0.874. The number of hydrogen-bond donors (Lipinski definition) is 1. The fourth-order valence-electron chi connectivity index (χ4n) is 2.29. The standard InChI is InChI=1S/C17H19F2N/c1-4-20-10-13-6-7-14(12(3)9-13)16-15(18)8-5-11(2)17(16)19/h5-9,20H,4,10H2,1-3H3. The minimum atomic E-state index is -0.518. The van der Waals surface area contributed by atoms with Gasteiger partial charge in [-0.15, -0.1) is 0 Å². The van der Waals surface area contributed by atoms with Gasteiger partial charge in [0.25, 0.3) is 0 Å². The van der Waals surface area contributed by atoms with Gasteiger partial charge in [0.2, 0.25) is 0 Å². The number of benzene rings is 2. The van der Waals surface area contributed by atoms with E-state index in [1.165, 1.54) is 12.1 Å². The fourth-order valence-corrected chi connectivity index (χ4v) is 2.29. The van der Waals surface area contributed by atoms with Crippen LogP contribution in [-0.2, 0) is 6.54 Å². The van der Waals surface area contributed by atoms with Crippen molar-refractivity contribution in [2.75, 3.05) is 6.54 Å². The molecule has 0 amide bonds. The number of halogens is 2. The van der Waals surface area contributed by atoms with Gasteiger partial charge in [0.05, 0.1) is 5.56 Å². The zero-order valence-electron chi connectivity index (χ0n) is 12.1. The van der Waals surface area contributed by atoms with E-state index >= 15 is 0 Å². The van der Waals surface area contributed by atoms with Gasteiger partial charge in [-0.25, -0.2) is 8.78 Å². The average Bonchev–Trinajstić information content (AvgIpc) is 2.43. The first-order valence-corrected chi connectivity index (χ1v) is 6.79. The molecule has 0 spiro atoms. The van der Waals surface area contributed by atoms with E-state index in [0.717, 1.165) is 24.2 Å². The van der Waals surface area contributed by atoms with Crippen LogP contribution < -0.4 is 5.32 Å². The van der Waals surface area contributed by atoms with Crippen LogP contribution in [0.3, 0.4) is 0 Å². The molecule has 0 radical (unpaired) electrons. The number of aryl methyl sites for hydroxylation is 2. The highest BCUT2D eigenvalue weighted by atomic mass is 19.1. The monoisotopic (exact) mass is 275 g/mol. The topological polar surface area (TPSA) is 12.0 Å². The van der Waals surface area contributed by atoms with Crippen LogP contribution in [0.4, 0.5) is 8.78 Å². The summed E-state index contributed by atoms with van der Waals surface area (Å²) in [5.74, 6) is -0.997. The first-order valence-electron chi connectivity index (χ1n) is 6.79. The molecular formula is C17H19F2N. The number of rotatable bonds is 4. The Balaban J connectivity index is 2.46. The summed E-state index contributed by atoms with van der Waals surface area (Å²) in [6.07, 6.45) is 0. The minimum Gasteiger partial charge on any atom is -0.313 e. The van der Waals surface area contributed by atoms with E-state index in [4.69, 9.17) is 0 Å². The van der Waals surface area contributed by atoms with Crippen molar-refractivity contribution >= 4 is 0 Å². The fraction of sp³-hybridized carbons (Fsp3) is 0.294. The summed E-state index contributed by atoms with van der Waals surface area (Å²) in [5, 5.41) is 3.23. The largest absolute Gasteiger partial charge is 0.313 e. The number of hydrogen-bond acceptors (Lipinski definition) is 1. The molecule has 0 aliphatic rings. The highest BCUT2D eigenvalue weighted by Gasteiger charge is 2.15. The van der Waals surface area contributed by atoms with Gasteiger partial charge in [0, 0.05) is 6.54 Å². The molecule has 0 aliphatic carbocycles. The van der Waals surface area contributed by atoms with Gasteiger partial charge in [-0.3, -0.25) is 0 Å². The molecule has 20 heavy (non-hydrogen) atoms. The van der Waals surface area contributed by atoms with Crippen molar-refractivity contribution in [2.24, 2.45) is 0 Å². The summed E-state index contributed by atoms with van der Waals surface area (Å²) in [6.45, 7) is 7.22. The Hall–Kier alpha value is -1.74. The van der Waals surface area contributed by atoms with E-state index in [2.05, 4.69) is 5.32 Å². The Kier molecular flexibility index (Phi) is 4.50. The smallest absolute Gasteiger partial charge is 0.136 e. The van der Waals surface area contributed by atoms with Gasteiger partial charge in [-0.05, 0) is 48.7 Å². The average molecular weight is 275 g/mol. The van der Waals surface area contributed by atoms with Crippen LogP contribution in [0.1, 0.15) is 23.6 Å². The van der Waals surface area contributed by atoms with E-state index in [1.54, 1.807) is 13.0 Å². The Labute approximate surface area is 118 Å². The summed E-state index contributed by atoms with van der Waals surface area (Å²) in [6, 6.07) is 8.46. The Bertz CT molecular complexity index is 621. The molecule has 0 saturated heterocycles. The first kappa shape index (κ1) is 14.7. The van der Waals surface area contributed by atoms with Crippen molar-refractivity contribution in [3.8, 4) is 11.1 Å². The highest BCUT2D eigenvalue weighted by Crippen LogP contribution is 2.30. The Morgan fingerprint density at radius 3 is 2.40 bits per heavy atom. The van der Waals surface area contributed by atoms with Crippen LogP contribution in [0.2, 0.25) is 0 Å². The van der Waals surface area contributed by atoms with Crippen molar-refractivity contribution in [1.82, 2.24) is 5.32 Å². The summed E-state index contributed by atoms with van der Waals surface area (Å²) in [7, 11) is 0. The minimum absolute atomic E-state index is 0.0671. The molecule has 1 N–H and O–H groups in total. The van der Waals surface area contributed by atoms with E-state index in [1.807, 2.05) is 26.0 Å². The van der Waals surface area contributed by atoms with Crippen molar-refractivity contribution in [2.45, 2.75) is 27.3 Å². The summed E-state index contributed by atoms with van der Waals surface area (Å²) >= 11 is 0. The number of nitrogens with one attached hydrogen (secondary N) is 1. The third-order valence-corrected chi connectivity index (χ3v) is 3.42. The summed E-state index contributed by atoms with van der Waals surface area (Å²) in [4.78, 5) is 0. The molecule has 1 nitrogen and oxygen atoms in total. The van der Waals surface area contributed by atoms with E-state index < -0.39 is 11.6 Å². The zero-order valence-corrected chi connectivity index (χ0v) is 12.1. The van der Waals surface area contributed by atoms with E-state index in [-0.39, 0.29) is 5.56 Å². The molecule has 2 rings (SSSR count). The van der Waals surface area contributed by atoms with Crippen LogP contribution in [-0.4, -0.2) is 6.54 Å². The molecule has 0 atom stereocenters. The lowest BCUT2D eigenvalue weighted by Gasteiger charge is -2.12. The second-order valence-corrected chi connectivity index (χ2v) is 4.98. The van der Waals surface area contributed by atoms with Crippen LogP contribution in [0.15, 0.2) is 30.3 Å². The maximum Gasteiger partial charge on any atom is 0.136 e. The second-order valence-electron chi connectivity index (χ2n) is 4.98. The highest BCUT2D eigenvalue weighted by molar-refractivity contribution is 5.69. The van der Waals surface area contributed by atoms with Crippen molar-refractivity contribution in [1.29, 1.82) is 0 Å². The van der Waals surface area contributed by atoms with Gasteiger partial charge < -0.3 is 5.32 Å². The van der Waals surface area contributed by atoms with E-state index in [0.29, 0.717) is 11.1 Å². The summed E-state index contributed by atoms with van der Waals surface area (Å²) in [5.41, 5.74) is 3.13. The lowest BCUT2D eigenvalue weighted by Crippen LogP contribution is -2.11. The van der Waals surface area contributed by atoms with Crippen LogP contribution in [0, 0.1) is 25.5 Å². The van der Waals surface area contributed by atoms with Gasteiger partial charge in [0.15, 0.2) is 0 Å². The lowest BCUT2D eigenvalue weighted by molar-refractivity contribution is 0.583. The van der Waals surface area contributed by atoms with Gasteiger partial charge in [-0.1, -0.05) is 31.2 Å². The maximum atomic E-state index is 14.2. The SMILES string of the molecule is CCNCc1ccc(-c2c(F)ccc(C)c2F)c(C)c1. The van der Waals surface area contributed by atoms with Gasteiger partial charge in [-0.2, -0.15) is 0 Å². The first-order chi connectivity index (χ1) is 9.54. The molecule has 0 bridgehead atoms. The maximum absolute atomic E-state index is 14.2. The molecule has 0 heterocycles. The normalized spacial score (nSPS) is 10.8. The molecule has 0 aliphatic heterocycles. The molecule has 3 heteroatoms.